The largest absolute Gasteiger partial charge is 0.493 e. The van der Waals surface area contributed by atoms with Gasteiger partial charge < -0.3 is 23.7 Å². The zero-order chi connectivity index (χ0) is 18.1. The highest BCUT2D eigenvalue weighted by atomic mass is 16.6. The summed E-state index contributed by atoms with van der Waals surface area (Å²) in [6, 6.07) is 11.3. The smallest absolute Gasteiger partial charge is 0.203 e. The first-order valence-corrected chi connectivity index (χ1v) is 8.00. The summed E-state index contributed by atoms with van der Waals surface area (Å²) in [5.41, 5.74) is 1.06. The number of ether oxygens (including phenoxy) is 5. The van der Waals surface area contributed by atoms with Crippen LogP contribution >= 0.6 is 0 Å². The van der Waals surface area contributed by atoms with Gasteiger partial charge in [-0.25, -0.2) is 0 Å². The molecule has 0 aliphatic rings. The summed E-state index contributed by atoms with van der Waals surface area (Å²) in [4.78, 5) is 0. The first kappa shape index (κ1) is 18.5. The van der Waals surface area contributed by atoms with Crippen LogP contribution < -0.4 is 23.7 Å². The van der Waals surface area contributed by atoms with Gasteiger partial charge in [0.1, 0.15) is 13.2 Å². The summed E-state index contributed by atoms with van der Waals surface area (Å²) in [6.45, 7) is 2.68. The third-order valence-corrected chi connectivity index (χ3v) is 3.52. The van der Waals surface area contributed by atoms with Crippen molar-refractivity contribution in [3.63, 3.8) is 0 Å². The standard InChI is InChI=1S/C20H24O5/c1-5-7-15-10-11-16(19(14-15)23-4)24-12-13-25-20-17(21-2)8-6-9-18(20)22-3/h5-11,14H,12-13H2,1-4H3/b7-5+. The van der Waals surface area contributed by atoms with Crippen molar-refractivity contribution in [2.24, 2.45) is 0 Å². The molecule has 0 saturated carbocycles. The Bertz CT molecular complexity index is 687. The van der Waals surface area contributed by atoms with E-state index in [4.69, 9.17) is 23.7 Å². The summed E-state index contributed by atoms with van der Waals surface area (Å²) in [6.07, 6.45) is 3.98. The molecule has 0 fully saturated rings. The maximum atomic E-state index is 5.78. The van der Waals surface area contributed by atoms with Crippen molar-refractivity contribution in [2.75, 3.05) is 34.5 Å². The van der Waals surface area contributed by atoms with E-state index in [0.29, 0.717) is 42.0 Å². The van der Waals surface area contributed by atoms with Gasteiger partial charge in [-0.1, -0.05) is 24.3 Å². The predicted molar refractivity (Wildman–Crippen MR) is 98.2 cm³/mol. The molecule has 0 aliphatic heterocycles. The number of hydrogen-bond acceptors (Lipinski definition) is 5. The molecule has 0 heterocycles. The second-order valence-electron chi connectivity index (χ2n) is 5.10. The van der Waals surface area contributed by atoms with Crippen LogP contribution in [0.3, 0.4) is 0 Å². The number of methoxy groups -OCH3 is 3. The summed E-state index contributed by atoms with van der Waals surface area (Å²) < 4.78 is 27.5. The predicted octanol–water partition coefficient (Wildman–Crippen LogP) is 4.20. The van der Waals surface area contributed by atoms with Crippen LogP contribution in [0.15, 0.2) is 42.5 Å². The monoisotopic (exact) mass is 344 g/mol. The van der Waals surface area contributed by atoms with E-state index in [0.717, 1.165) is 5.56 Å². The van der Waals surface area contributed by atoms with E-state index >= 15 is 0 Å². The normalized spacial score (nSPS) is 10.6. The Morgan fingerprint density at radius 2 is 1.40 bits per heavy atom. The van der Waals surface area contributed by atoms with Gasteiger partial charge in [-0.15, -0.1) is 0 Å². The third kappa shape index (κ3) is 4.83. The van der Waals surface area contributed by atoms with Crippen molar-refractivity contribution in [3.8, 4) is 28.7 Å². The van der Waals surface area contributed by atoms with Crippen molar-refractivity contribution in [2.45, 2.75) is 6.92 Å². The summed E-state index contributed by atoms with van der Waals surface area (Å²) >= 11 is 0. The maximum absolute atomic E-state index is 5.78. The van der Waals surface area contributed by atoms with E-state index in [-0.39, 0.29) is 0 Å². The zero-order valence-electron chi connectivity index (χ0n) is 15.1. The van der Waals surface area contributed by atoms with Gasteiger partial charge in [0.15, 0.2) is 23.0 Å². The van der Waals surface area contributed by atoms with Gasteiger partial charge in [-0.3, -0.25) is 0 Å². The molecular formula is C20H24O5. The fourth-order valence-electron chi connectivity index (χ4n) is 2.35. The summed E-state index contributed by atoms with van der Waals surface area (Å²) in [5.74, 6) is 3.16. The highest BCUT2D eigenvalue weighted by molar-refractivity contribution is 5.55. The third-order valence-electron chi connectivity index (χ3n) is 3.52. The van der Waals surface area contributed by atoms with Crippen molar-refractivity contribution in [1.29, 1.82) is 0 Å². The first-order chi connectivity index (χ1) is 12.2. The van der Waals surface area contributed by atoms with E-state index in [1.165, 1.54) is 0 Å². The highest BCUT2D eigenvalue weighted by Gasteiger charge is 2.11. The van der Waals surface area contributed by atoms with Crippen LogP contribution in [0.4, 0.5) is 0 Å². The number of hydrogen-bond donors (Lipinski definition) is 0. The molecule has 0 N–H and O–H groups in total. The lowest BCUT2D eigenvalue weighted by molar-refractivity contribution is 0.200. The van der Waals surface area contributed by atoms with Crippen LogP contribution in [0.25, 0.3) is 6.08 Å². The van der Waals surface area contributed by atoms with Crippen molar-refractivity contribution < 1.29 is 23.7 Å². The van der Waals surface area contributed by atoms with Gasteiger partial charge in [-0.05, 0) is 36.8 Å². The second kappa shape index (κ2) is 9.47. The van der Waals surface area contributed by atoms with Gasteiger partial charge in [0.05, 0.1) is 21.3 Å². The van der Waals surface area contributed by atoms with E-state index in [9.17, 15) is 0 Å². The van der Waals surface area contributed by atoms with Crippen LogP contribution in [0.5, 0.6) is 28.7 Å². The molecule has 0 bridgehead atoms. The Morgan fingerprint density at radius 1 is 0.760 bits per heavy atom. The molecule has 0 radical (unpaired) electrons. The van der Waals surface area contributed by atoms with Crippen LogP contribution in [0.2, 0.25) is 0 Å². The number of allylic oxidation sites excluding steroid dienone is 1. The van der Waals surface area contributed by atoms with E-state index in [1.807, 2.05) is 55.5 Å². The van der Waals surface area contributed by atoms with E-state index < -0.39 is 0 Å². The van der Waals surface area contributed by atoms with Crippen molar-refractivity contribution >= 4 is 6.08 Å². The second-order valence-corrected chi connectivity index (χ2v) is 5.10. The molecule has 0 spiro atoms. The molecule has 2 rings (SSSR count). The topological polar surface area (TPSA) is 46.2 Å². The fourth-order valence-corrected chi connectivity index (χ4v) is 2.35. The number of rotatable bonds is 9. The molecule has 5 nitrogen and oxygen atoms in total. The molecular weight excluding hydrogens is 320 g/mol. The lowest BCUT2D eigenvalue weighted by Crippen LogP contribution is -2.10. The molecule has 0 atom stereocenters. The van der Waals surface area contributed by atoms with E-state index in [2.05, 4.69) is 0 Å². The maximum Gasteiger partial charge on any atom is 0.203 e. The van der Waals surface area contributed by atoms with Crippen molar-refractivity contribution in [3.05, 3.63) is 48.0 Å². The molecule has 0 aromatic heterocycles. The van der Waals surface area contributed by atoms with Crippen LogP contribution in [-0.2, 0) is 0 Å². The lowest BCUT2D eigenvalue weighted by Gasteiger charge is -2.15. The van der Waals surface area contributed by atoms with Crippen LogP contribution in [-0.4, -0.2) is 34.5 Å². The molecule has 0 unspecified atom stereocenters. The lowest BCUT2D eigenvalue weighted by atomic mass is 10.2. The fraction of sp³-hybridized carbons (Fsp3) is 0.300. The molecule has 5 heteroatoms. The molecule has 0 amide bonds. The van der Waals surface area contributed by atoms with Gasteiger partial charge >= 0.3 is 0 Å². The zero-order valence-corrected chi connectivity index (χ0v) is 15.1. The molecule has 2 aromatic carbocycles. The Kier molecular flexibility index (Phi) is 7.01. The molecule has 25 heavy (non-hydrogen) atoms. The highest BCUT2D eigenvalue weighted by Crippen LogP contribution is 2.36. The molecule has 0 saturated heterocycles. The summed E-state index contributed by atoms with van der Waals surface area (Å²) in [7, 11) is 4.81. The molecule has 134 valence electrons. The average molecular weight is 344 g/mol. The Morgan fingerprint density at radius 3 is 2.00 bits per heavy atom. The number of benzene rings is 2. The molecule has 2 aromatic rings. The van der Waals surface area contributed by atoms with Crippen molar-refractivity contribution in [1.82, 2.24) is 0 Å². The minimum Gasteiger partial charge on any atom is -0.493 e. The van der Waals surface area contributed by atoms with Gasteiger partial charge in [-0.2, -0.15) is 0 Å². The van der Waals surface area contributed by atoms with Gasteiger partial charge in [0.25, 0.3) is 0 Å². The van der Waals surface area contributed by atoms with Gasteiger partial charge in [0.2, 0.25) is 5.75 Å². The minimum absolute atomic E-state index is 0.344. The average Bonchev–Trinajstić information content (AvgIpc) is 2.65. The van der Waals surface area contributed by atoms with Crippen LogP contribution in [0.1, 0.15) is 12.5 Å². The Balaban J connectivity index is 1.98. The SMILES string of the molecule is C/C=C/c1ccc(OCCOc2c(OC)cccc2OC)c(OC)c1. The Hall–Kier alpha value is -2.82. The van der Waals surface area contributed by atoms with E-state index in [1.54, 1.807) is 21.3 Å². The minimum atomic E-state index is 0.344. The quantitative estimate of drug-likeness (QED) is 0.638. The van der Waals surface area contributed by atoms with Gasteiger partial charge in [0, 0.05) is 0 Å². The molecule has 0 aliphatic carbocycles. The Labute approximate surface area is 148 Å². The number of para-hydroxylation sites is 1. The van der Waals surface area contributed by atoms with Crippen LogP contribution in [0, 0.1) is 0 Å². The first-order valence-electron chi connectivity index (χ1n) is 8.00. The summed E-state index contributed by atoms with van der Waals surface area (Å²) in [5, 5.41) is 0.